The predicted octanol–water partition coefficient (Wildman–Crippen LogP) is 2.38. The molecular weight excluding hydrogens is 274 g/mol. The lowest BCUT2D eigenvalue weighted by Gasteiger charge is -2.39. The predicted molar refractivity (Wildman–Crippen MR) is 69.1 cm³/mol. The molecule has 1 aliphatic carbocycles. The van der Waals surface area contributed by atoms with E-state index in [4.69, 9.17) is 25.8 Å². The largest absolute Gasteiger partial charge is 0.490 e. The second kappa shape index (κ2) is 5.63. The number of nitro benzene ring substituents is 1. The number of methoxy groups -OCH3 is 2. The highest BCUT2D eigenvalue weighted by Crippen LogP contribution is 2.35. The summed E-state index contributed by atoms with van der Waals surface area (Å²) in [6, 6.07) is 4.47. The first-order valence-corrected chi connectivity index (χ1v) is 6.16. The topological polar surface area (TPSA) is 70.8 Å². The minimum absolute atomic E-state index is 0.0803. The van der Waals surface area contributed by atoms with Gasteiger partial charge < -0.3 is 14.2 Å². The van der Waals surface area contributed by atoms with Crippen molar-refractivity contribution in [1.82, 2.24) is 0 Å². The molecule has 1 aromatic rings. The lowest BCUT2D eigenvalue weighted by Crippen LogP contribution is -2.52. The summed E-state index contributed by atoms with van der Waals surface area (Å²) < 4.78 is 15.8. The van der Waals surface area contributed by atoms with Gasteiger partial charge in [-0.05, 0) is 12.1 Å². The lowest BCUT2D eigenvalue weighted by molar-refractivity contribution is -0.385. The van der Waals surface area contributed by atoms with Crippen LogP contribution in [-0.4, -0.2) is 36.7 Å². The first-order valence-electron chi connectivity index (χ1n) is 5.72. The van der Waals surface area contributed by atoms with Crippen LogP contribution in [0.5, 0.6) is 11.5 Å². The highest BCUT2D eigenvalue weighted by molar-refractivity contribution is 6.21. The molecule has 0 bridgehead atoms. The maximum Gasteiger partial charge on any atom is 0.314 e. The molecule has 1 aliphatic rings. The zero-order valence-electron chi connectivity index (χ0n) is 10.5. The van der Waals surface area contributed by atoms with Gasteiger partial charge in [0.25, 0.3) is 0 Å². The molecule has 0 N–H and O–H groups in total. The van der Waals surface area contributed by atoms with E-state index in [1.165, 1.54) is 19.2 Å². The number of hydrogen-bond acceptors (Lipinski definition) is 5. The van der Waals surface area contributed by atoms with Crippen LogP contribution in [-0.2, 0) is 4.74 Å². The fraction of sp³-hybridized carbons (Fsp3) is 0.500. The third kappa shape index (κ3) is 2.74. The molecule has 3 atom stereocenters. The zero-order chi connectivity index (χ0) is 14.0. The SMILES string of the molecule is COc1ccc(OC2CC(Cl)C2OC)cc1[N+](=O)[O-]. The van der Waals surface area contributed by atoms with Crippen LogP contribution >= 0.6 is 11.6 Å². The van der Waals surface area contributed by atoms with E-state index in [1.54, 1.807) is 13.2 Å². The molecule has 0 aliphatic heterocycles. The lowest BCUT2D eigenvalue weighted by atomic mass is 9.91. The average Bonchev–Trinajstić information content (AvgIpc) is 2.38. The first-order chi connectivity index (χ1) is 9.06. The molecule has 0 radical (unpaired) electrons. The van der Waals surface area contributed by atoms with Gasteiger partial charge in [0.1, 0.15) is 18.0 Å². The number of ether oxygens (including phenoxy) is 3. The Hall–Kier alpha value is -1.53. The van der Waals surface area contributed by atoms with E-state index >= 15 is 0 Å². The normalized spacial score (nSPS) is 25.5. The van der Waals surface area contributed by atoms with Crippen molar-refractivity contribution in [3.8, 4) is 11.5 Å². The Labute approximate surface area is 115 Å². The van der Waals surface area contributed by atoms with Gasteiger partial charge in [-0.2, -0.15) is 0 Å². The van der Waals surface area contributed by atoms with E-state index < -0.39 is 4.92 Å². The highest BCUT2D eigenvalue weighted by Gasteiger charge is 2.42. The van der Waals surface area contributed by atoms with Crippen LogP contribution in [0.4, 0.5) is 5.69 Å². The summed E-state index contributed by atoms with van der Waals surface area (Å²) in [7, 11) is 2.94. The summed E-state index contributed by atoms with van der Waals surface area (Å²) >= 11 is 5.97. The molecule has 3 unspecified atom stereocenters. The van der Waals surface area contributed by atoms with Gasteiger partial charge in [-0.3, -0.25) is 10.1 Å². The Balaban J connectivity index is 2.13. The standard InChI is InChI=1S/C12H14ClNO5/c1-17-10-4-3-7(5-9(10)14(15)16)19-11-6-8(13)12(11)18-2/h3-5,8,11-12H,6H2,1-2H3. The molecule has 2 rings (SSSR count). The number of halogens is 1. The van der Waals surface area contributed by atoms with E-state index in [2.05, 4.69) is 0 Å². The minimum atomic E-state index is -0.509. The van der Waals surface area contributed by atoms with Crippen molar-refractivity contribution in [2.75, 3.05) is 14.2 Å². The van der Waals surface area contributed by atoms with Gasteiger partial charge in [-0.25, -0.2) is 0 Å². The van der Waals surface area contributed by atoms with Crippen LogP contribution in [0.25, 0.3) is 0 Å². The quantitative estimate of drug-likeness (QED) is 0.472. The molecule has 0 heterocycles. The van der Waals surface area contributed by atoms with Gasteiger partial charge in [-0.1, -0.05) is 0 Å². The van der Waals surface area contributed by atoms with Gasteiger partial charge in [0.05, 0.1) is 23.5 Å². The summed E-state index contributed by atoms with van der Waals surface area (Å²) in [6.07, 6.45) is 0.281. The van der Waals surface area contributed by atoms with Crippen LogP contribution in [0.3, 0.4) is 0 Å². The molecular formula is C12H14ClNO5. The fourth-order valence-electron chi connectivity index (χ4n) is 2.00. The number of alkyl halides is 1. The molecule has 104 valence electrons. The van der Waals surface area contributed by atoms with Crippen molar-refractivity contribution in [1.29, 1.82) is 0 Å². The van der Waals surface area contributed by atoms with Gasteiger partial charge in [0.15, 0.2) is 5.75 Å². The number of hydrogen-bond donors (Lipinski definition) is 0. The summed E-state index contributed by atoms with van der Waals surface area (Å²) in [5.74, 6) is 0.604. The Morgan fingerprint density at radius 1 is 1.42 bits per heavy atom. The van der Waals surface area contributed by atoms with Crippen LogP contribution in [0.15, 0.2) is 18.2 Å². The summed E-state index contributed by atoms with van der Waals surface area (Å²) in [6.45, 7) is 0. The molecule has 1 fully saturated rings. The van der Waals surface area contributed by atoms with Crippen LogP contribution in [0, 0.1) is 10.1 Å². The summed E-state index contributed by atoms with van der Waals surface area (Å²) in [5, 5.41) is 10.8. The number of benzene rings is 1. The molecule has 1 saturated carbocycles. The Bertz CT molecular complexity index is 481. The smallest absolute Gasteiger partial charge is 0.314 e. The number of rotatable bonds is 5. The maximum atomic E-state index is 10.9. The van der Waals surface area contributed by atoms with Crippen molar-refractivity contribution >= 4 is 17.3 Å². The number of nitro groups is 1. The van der Waals surface area contributed by atoms with E-state index in [1.807, 2.05) is 0 Å². The molecule has 0 aromatic heterocycles. The van der Waals surface area contributed by atoms with E-state index in [-0.39, 0.29) is 29.0 Å². The van der Waals surface area contributed by atoms with Crippen molar-refractivity contribution in [2.45, 2.75) is 24.0 Å². The second-order valence-corrected chi connectivity index (χ2v) is 4.76. The van der Waals surface area contributed by atoms with E-state index in [9.17, 15) is 10.1 Å². The minimum Gasteiger partial charge on any atom is -0.490 e. The molecule has 0 saturated heterocycles. The molecule has 0 spiro atoms. The molecule has 6 nitrogen and oxygen atoms in total. The van der Waals surface area contributed by atoms with Crippen molar-refractivity contribution < 1.29 is 19.1 Å². The highest BCUT2D eigenvalue weighted by atomic mass is 35.5. The molecule has 19 heavy (non-hydrogen) atoms. The number of nitrogens with zero attached hydrogens (tertiary/aromatic N) is 1. The summed E-state index contributed by atoms with van der Waals surface area (Å²) in [4.78, 5) is 10.4. The summed E-state index contributed by atoms with van der Waals surface area (Å²) in [5.41, 5.74) is -0.129. The molecule has 0 amide bonds. The zero-order valence-corrected chi connectivity index (χ0v) is 11.3. The molecule has 1 aromatic carbocycles. The first kappa shape index (κ1) is 13.9. The van der Waals surface area contributed by atoms with Gasteiger partial charge in [0.2, 0.25) is 0 Å². The molecule has 7 heteroatoms. The van der Waals surface area contributed by atoms with Gasteiger partial charge >= 0.3 is 5.69 Å². The third-order valence-corrected chi connectivity index (χ3v) is 3.51. The maximum absolute atomic E-state index is 10.9. The van der Waals surface area contributed by atoms with E-state index in [0.717, 1.165) is 0 Å². The third-order valence-electron chi connectivity index (χ3n) is 3.09. The van der Waals surface area contributed by atoms with Crippen molar-refractivity contribution in [2.24, 2.45) is 0 Å². The second-order valence-electron chi connectivity index (χ2n) is 4.20. The van der Waals surface area contributed by atoms with Crippen LogP contribution in [0.2, 0.25) is 0 Å². The van der Waals surface area contributed by atoms with Gasteiger partial charge in [-0.15, -0.1) is 11.6 Å². The van der Waals surface area contributed by atoms with Crippen LogP contribution in [0.1, 0.15) is 6.42 Å². The monoisotopic (exact) mass is 287 g/mol. The Kier molecular flexibility index (Phi) is 4.11. The van der Waals surface area contributed by atoms with Crippen molar-refractivity contribution in [3.05, 3.63) is 28.3 Å². The van der Waals surface area contributed by atoms with Crippen LogP contribution < -0.4 is 9.47 Å². The van der Waals surface area contributed by atoms with Gasteiger partial charge in [0, 0.05) is 13.5 Å². The van der Waals surface area contributed by atoms with Crippen molar-refractivity contribution in [3.63, 3.8) is 0 Å². The van der Waals surface area contributed by atoms with E-state index in [0.29, 0.717) is 12.2 Å². The Morgan fingerprint density at radius 2 is 2.16 bits per heavy atom. The Morgan fingerprint density at radius 3 is 2.68 bits per heavy atom. The fourth-order valence-corrected chi connectivity index (χ4v) is 2.44. The average molecular weight is 288 g/mol.